The van der Waals surface area contributed by atoms with Gasteiger partial charge in [0.15, 0.2) is 0 Å². The monoisotopic (exact) mass is 480 g/mol. The summed E-state index contributed by atoms with van der Waals surface area (Å²) in [5.74, 6) is -1.02. The van der Waals surface area contributed by atoms with Crippen molar-refractivity contribution in [2.24, 2.45) is 5.73 Å². The fourth-order valence-electron chi connectivity index (χ4n) is 4.22. The Hall–Kier alpha value is -3.29. The molecule has 8 heteroatoms. The highest BCUT2D eigenvalue weighted by molar-refractivity contribution is 6.31. The number of pyridine rings is 1. The first kappa shape index (κ1) is 23.9. The average molecular weight is 481 g/mol. The molecular weight excluding hydrogens is 455 g/mol. The van der Waals surface area contributed by atoms with Gasteiger partial charge in [-0.2, -0.15) is 0 Å². The Bertz CT molecular complexity index is 1170. The largest absolute Gasteiger partial charge is 0.331 e. The molecule has 1 aliphatic carbocycles. The number of nitrogens with two attached hydrogens (primary N) is 1. The molecule has 176 valence electrons. The second-order valence-electron chi connectivity index (χ2n) is 8.51. The Morgan fingerprint density at radius 2 is 1.82 bits per heavy atom. The van der Waals surface area contributed by atoms with E-state index in [2.05, 4.69) is 10.3 Å². The van der Waals surface area contributed by atoms with Crippen LogP contribution in [0.25, 0.3) is 0 Å². The minimum atomic E-state index is -0.463. The Morgan fingerprint density at radius 3 is 2.53 bits per heavy atom. The van der Waals surface area contributed by atoms with E-state index >= 15 is 0 Å². The number of rotatable bonds is 6. The molecule has 1 heterocycles. The molecule has 1 fully saturated rings. The van der Waals surface area contributed by atoms with Gasteiger partial charge in [0, 0.05) is 47.3 Å². The molecule has 34 heavy (non-hydrogen) atoms. The van der Waals surface area contributed by atoms with Crippen molar-refractivity contribution in [2.75, 3.05) is 5.32 Å². The van der Waals surface area contributed by atoms with E-state index in [4.69, 9.17) is 17.3 Å². The van der Waals surface area contributed by atoms with Crippen molar-refractivity contribution in [1.82, 2.24) is 9.88 Å². The minimum Gasteiger partial charge on any atom is -0.331 e. The number of carbonyl (C=O) groups excluding carboxylic acids is 2. The Labute approximate surface area is 202 Å². The number of hydrogen-bond donors (Lipinski definition) is 2. The van der Waals surface area contributed by atoms with E-state index in [1.807, 2.05) is 0 Å². The van der Waals surface area contributed by atoms with Crippen molar-refractivity contribution in [3.8, 4) is 0 Å². The lowest BCUT2D eigenvalue weighted by Gasteiger charge is -2.36. The molecule has 3 N–H and O–H groups in total. The molecule has 3 aromatic rings. The smallest absolute Gasteiger partial charge is 0.257 e. The number of carbonyl (C=O) groups is 2. The average Bonchev–Trinajstić information content (AvgIpc) is 2.85. The van der Waals surface area contributed by atoms with E-state index in [1.54, 1.807) is 47.5 Å². The Kier molecular flexibility index (Phi) is 7.55. The quantitative estimate of drug-likeness (QED) is 0.517. The van der Waals surface area contributed by atoms with Crippen LogP contribution in [0.15, 0.2) is 67.0 Å². The SMILES string of the molecule is NC1CCC(N(Cc2cc(NC(=O)c3cccnc3)ccc2Cl)C(=O)c2cccc(F)c2)CC1. The van der Waals surface area contributed by atoms with Crippen LogP contribution in [0, 0.1) is 5.82 Å². The first-order valence-corrected chi connectivity index (χ1v) is 11.6. The van der Waals surface area contributed by atoms with Crippen LogP contribution in [0.1, 0.15) is 52.0 Å². The third-order valence-corrected chi connectivity index (χ3v) is 6.45. The predicted octanol–water partition coefficient (Wildman–Crippen LogP) is 5.04. The van der Waals surface area contributed by atoms with Crippen molar-refractivity contribution in [1.29, 1.82) is 0 Å². The van der Waals surface area contributed by atoms with Gasteiger partial charge >= 0.3 is 0 Å². The topological polar surface area (TPSA) is 88.3 Å². The fraction of sp³-hybridized carbons (Fsp3) is 0.269. The summed E-state index contributed by atoms with van der Waals surface area (Å²) in [6.07, 6.45) is 6.23. The molecule has 0 spiro atoms. The van der Waals surface area contributed by atoms with Gasteiger partial charge in [-0.05, 0) is 79.8 Å². The number of amides is 2. The number of nitrogens with one attached hydrogen (secondary N) is 1. The molecular formula is C26H26ClFN4O2. The maximum absolute atomic E-state index is 13.8. The molecule has 2 aromatic carbocycles. The summed E-state index contributed by atoms with van der Waals surface area (Å²) in [5, 5.41) is 3.32. The van der Waals surface area contributed by atoms with Gasteiger partial charge in [0.1, 0.15) is 5.82 Å². The number of halogens is 2. The lowest BCUT2D eigenvalue weighted by Crippen LogP contribution is -2.44. The fourth-order valence-corrected chi connectivity index (χ4v) is 4.40. The molecule has 1 saturated carbocycles. The van der Waals surface area contributed by atoms with Crippen LogP contribution in [0.2, 0.25) is 5.02 Å². The van der Waals surface area contributed by atoms with E-state index < -0.39 is 5.82 Å². The van der Waals surface area contributed by atoms with Crippen LogP contribution in [-0.4, -0.2) is 33.8 Å². The molecule has 0 atom stereocenters. The summed E-state index contributed by atoms with van der Waals surface area (Å²) < 4.78 is 13.8. The molecule has 6 nitrogen and oxygen atoms in total. The molecule has 0 unspecified atom stereocenters. The lowest BCUT2D eigenvalue weighted by atomic mass is 9.90. The zero-order valence-electron chi connectivity index (χ0n) is 18.6. The third kappa shape index (κ3) is 5.79. The van der Waals surface area contributed by atoms with E-state index in [1.165, 1.54) is 24.4 Å². The maximum Gasteiger partial charge on any atom is 0.257 e. The van der Waals surface area contributed by atoms with Gasteiger partial charge in [0.2, 0.25) is 0 Å². The van der Waals surface area contributed by atoms with Crippen molar-refractivity contribution >= 4 is 29.1 Å². The highest BCUT2D eigenvalue weighted by Gasteiger charge is 2.29. The predicted molar refractivity (Wildman–Crippen MR) is 130 cm³/mol. The highest BCUT2D eigenvalue weighted by atomic mass is 35.5. The summed E-state index contributed by atoms with van der Waals surface area (Å²) >= 11 is 6.49. The van der Waals surface area contributed by atoms with Gasteiger partial charge in [0.05, 0.1) is 5.56 Å². The van der Waals surface area contributed by atoms with E-state index in [-0.39, 0.29) is 36.0 Å². The van der Waals surface area contributed by atoms with Crippen molar-refractivity contribution in [2.45, 2.75) is 44.3 Å². The molecule has 2 amide bonds. The summed E-state index contributed by atoms with van der Waals surface area (Å²) in [7, 11) is 0. The molecule has 0 bridgehead atoms. The van der Waals surface area contributed by atoms with Crippen LogP contribution in [0.4, 0.5) is 10.1 Å². The highest BCUT2D eigenvalue weighted by Crippen LogP contribution is 2.29. The summed E-state index contributed by atoms with van der Waals surface area (Å²) in [4.78, 5) is 31.7. The molecule has 0 radical (unpaired) electrons. The summed E-state index contributed by atoms with van der Waals surface area (Å²) in [6, 6.07) is 14.3. The van der Waals surface area contributed by atoms with E-state index in [0.717, 1.165) is 25.7 Å². The zero-order chi connectivity index (χ0) is 24.1. The zero-order valence-corrected chi connectivity index (χ0v) is 19.3. The normalized spacial score (nSPS) is 17.7. The first-order chi connectivity index (χ1) is 16.4. The number of nitrogens with zero attached hydrogens (tertiary/aromatic N) is 2. The van der Waals surface area contributed by atoms with Crippen LogP contribution >= 0.6 is 11.6 Å². The number of benzene rings is 2. The summed E-state index contributed by atoms with van der Waals surface area (Å²) in [5.41, 5.74) is 8.03. The lowest BCUT2D eigenvalue weighted by molar-refractivity contribution is 0.0606. The van der Waals surface area contributed by atoms with Gasteiger partial charge in [-0.3, -0.25) is 14.6 Å². The number of anilines is 1. The molecule has 1 aliphatic rings. The third-order valence-electron chi connectivity index (χ3n) is 6.08. The van der Waals surface area contributed by atoms with E-state index in [9.17, 15) is 14.0 Å². The number of aromatic nitrogens is 1. The molecule has 4 rings (SSSR count). The van der Waals surface area contributed by atoms with Crippen LogP contribution < -0.4 is 11.1 Å². The van der Waals surface area contributed by atoms with Gasteiger partial charge in [-0.15, -0.1) is 0 Å². The van der Waals surface area contributed by atoms with Gasteiger partial charge in [-0.25, -0.2) is 4.39 Å². The van der Waals surface area contributed by atoms with Crippen LogP contribution in [0.3, 0.4) is 0 Å². The Morgan fingerprint density at radius 1 is 1.06 bits per heavy atom. The second-order valence-corrected chi connectivity index (χ2v) is 8.92. The van der Waals surface area contributed by atoms with Crippen LogP contribution in [0.5, 0.6) is 0 Å². The number of hydrogen-bond acceptors (Lipinski definition) is 4. The first-order valence-electron chi connectivity index (χ1n) is 11.2. The van der Waals surface area contributed by atoms with Crippen molar-refractivity contribution in [3.05, 3.63) is 94.5 Å². The van der Waals surface area contributed by atoms with Crippen molar-refractivity contribution in [3.63, 3.8) is 0 Å². The van der Waals surface area contributed by atoms with Gasteiger partial charge < -0.3 is 16.0 Å². The molecule has 0 aliphatic heterocycles. The Balaban J connectivity index is 1.59. The standard InChI is InChI=1S/C26H26ClFN4O2/c27-24-11-8-22(31-25(33)18-4-2-12-30-15-18)14-19(24)16-32(23-9-6-21(29)7-10-23)26(34)17-3-1-5-20(28)13-17/h1-5,8,11-15,21,23H,6-7,9-10,16,29H2,(H,31,33). The molecule has 1 aromatic heterocycles. The van der Waals surface area contributed by atoms with Gasteiger partial charge in [-0.1, -0.05) is 17.7 Å². The summed E-state index contributed by atoms with van der Waals surface area (Å²) in [6.45, 7) is 0.227. The molecule has 0 saturated heterocycles. The maximum atomic E-state index is 13.8. The van der Waals surface area contributed by atoms with Crippen LogP contribution in [-0.2, 0) is 6.54 Å². The van der Waals surface area contributed by atoms with Crippen molar-refractivity contribution < 1.29 is 14.0 Å². The second kappa shape index (κ2) is 10.8. The van der Waals surface area contributed by atoms with E-state index in [0.29, 0.717) is 21.8 Å². The minimum absolute atomic E-state index is 0.0414. The van der Waals surface area contributed by atoms with Gasteiger partial charge in [0.25, 0.3) is 11.8 Å².